The number of rotatable bonds is 5. The first-order chi connectivity index (χ1) is 12.5. The number of fused-ring (bicyclic) bond motifs is 1. The standard InChI is InChI=1S/C20H19ClN2O3/c1-4-26-20(24)16-11-22-18-8-7-14(25-3)10-15(18)19(16)23-13-6-5-12(2)17(21)9-13/h5-11H,4H2,1-3H3,(H,22,23). The Morgan fingerprint density at radius 1 is 1.23 bits per heavy atom. The Morgan fingerprint density at radius 3 is 2.73 bits per heavy atom. The number of ether oxygens (including phenoxy) is 2. The van der Waals surface area contributed by atoms with Gasteiger partial charge >= 0.3 is 5.97 Å². The number of nitrogens with one attached hydrogen (secondary N) is 1. The zero-order chi connectivity index (χ0) is 18.7. The third-order valence-corrected chi connectivity index (χ3v) is 4.42. The highest BCUT2D eigenvalue weighted by molar-refractivity contribution is 6.31. The van der Waals surface area contributed by atoms with Gasteiger partial charge in [0.2, 0.25) is 0 Å². The molecule has 0 saturated carbocycles. The van der Waals surface area contributed by atoms with Crippen LogP contribution in [-0.4, -0.2) is 24.7 Å². The number of hydrogen-bond acceptors (Lipinski definition) is 5. The SMILES string of the molecule is CCOC(=O)c1cnc2ccc(OC)cc2c1Nc1ccc(C)c(Cl)c1. The molecule has 0 radical (unpaired) electrons. The van der Waals surface area contributed by atoms with E-state index in [1.807, 2.05) is 43.3 Å². The normalized spacial score (nSPS) is 10.6. The molecule has 0 atom stereocenters. The van der Waals surface area contributed by atoms with Gasteiger partial charge in [0.05, 0.1) is 24.9 Å². The lowest BCUT2D eigenvalue weighted by Crippen LogP contribution is -2.09. The minimum absolute atomic E-state index is 0.283. The second-order valence-electron chi connectivity index (χ2n) is 5.74. The summed E-state index contributed by atoms with van der Waals surface area (Å²) in [7, 11) is 1.59. The number of aryl methyl sites for hydroxylation is 1. The van der Waals surface area contributed by atoms with Crippen LogP contribution in [0.1, 0.15) is 22.8 Å². The van der Waals surface area contributed by atoms with E-state index in [0.29, 0.717) is 22.0 Å². The molecule has 0 bridgehead atoms. The van der Waals surface area contributed by atoms with Gasteiger partial charge in [0.1, 0.15) is 11.3 Å². The van der Waals surface area contributed by atoms with E-state index < -0.39 is 5.97 Å². The van der Waals surface area contributed by atoms with Crippen molar-refractivity contribution < 1.29 is 14.3 Å². The Bertz CT molecular complexity index is 973. The number of benzene rings is 2. The van der Waals surface area contributed by atoms with Crippen molar-refractivity contribution in [1.29, 1.82) is 0 Å². The van der Waals surface area contributed by atoms with E-state index in [4.69, 9.17) is 21.1 Å². The van der Waals surface area contributed by atoms with Crippen LogP contribution >= 0.6 is 11.6 Å². The summed E-state index contributed by atoms with van der Waals surface area (Å²) < 4.78 is 10.5. The molecule has 2 aromatic carbocycles. The third kappa shape index (κ3) is 3.58. The van der Waals surface area contributed by atoms with E-state index >= 15 is 0 Å². The molecule has 0 aliphatic carbocycles. The number of pyridine rings is 1. The van der Waals surface area contributed by atoms with Gasteiger partial charge in [-0.15, -0.1) is 0 Å². The maximum Gasteiger partial charge on any atom is 0.341 e. The maximum absolute atomic E-state index is 12.4. The summed E-state index contributed by atoms with van der Waals surface area (Å²) in [6.07, 6.45) is 1.52. The van der Waals surface area contributed by atoms with Gasteiger partial charge in [-0.05, 0) is 49.7 Å². The van der Waals surface area contributed by atoms with Crippen LogP contribution in [0, 0.1) is 6.92 Å². The van der Waals surface area contributed by atoms with Gasteiger partial charge in [0.25, 0.3) is 0 Å². The molecular formula is C20H19ClN2O3. The second kappa shape index (κ2) is 7.62. The zero-order valence-electron chi connectivity index (χ0n) is 14.8. The fourth-order valence-electron chi connectivity index (χ4n) is 2.61. The van der Waals surface area contributed by atoms with Crippen molar-refractivity contribution in [3.63, 3.8) is 0 Å². The van der Waals surface area contributed by atoms with Crippen molar-refractivity contribution in [1.82, 2.24) is 4.98 Å². The van der Waals surface area contributed by atoms with Crippen LogP contribution in [0.3, 0.4) is 0 Å². The van der Waals surface area contributed by atoms with Gasteiger partial charge in [-0.3, -0.25) is 4.98 Å². The molecule has 0 aliphatic heterocycles. The summed E-state index contributed by atoms with van der Waals surface area (Å²) in [5.41, 5.74) is 3.43. The summed E-state index contributed by atoms with van der Waals surface area (Å²) in [5, 5.41) is 4.69. The number of carbonyl (C=O) groups is 1. The first-order valence-electron chi connectivity index (χ1n) is 8.20. The molecule has 26 heavy (non-hydrogen) atoms. The fourth-order valence-corrected chi connectivity index (χ4v) is 2.79. The Kier molecular flexibility index (Phi) is 5.28. The van der Waals surface area contributed by atoms with Crippen LogP contribution in [0.25, 0.3) is 10.9 Å². The maximum atomic E-state index is 12.4. The molecule has 0 aliphatic rings. The van der Waals surface area contributed by atoms with Gasteiger partial charge in [-0.1, -0.05) is 17.7 Å². The number of anilines is 2. The average molecular weight is 371 g/mol. The van der Waals surface area contributed by atoms with Crippen molar-refractivity contribution in [3.05, 3.63) is 58.7 Å². The van der Waals surface area contributed by atoms with Crippen molar-refractivity contribution >= 4 is 39.8 Å². The van der Waals surface area contributed by atoms with E-state index in [2.05, 4.69) is 10.3 Å². The third-order valence-electron chi connectivity index (χ3n) is 4.01. The minimum atomic E-state index is -0.439. The number of halogens is 1. The van der Waals surface area contributed by atoms with Crippen LogP contribution in [0.4, 0.5) is 11.4 Å². The van der Waals surface area contributed by atoms with E-state index in [1.54, 1.807) is 14.0 Å². The highest BCUT2D eigenvalue weighted by atomic mass is 35.5. The quantitative estimate of drug-likeness (QED) is 0.631. The lowest BCUT2D eigenvalue weighted by molar-refractivity contribution is 0.0527. The van der Waals surface area contributed by atoms with E-state index in [-0.39, 0.29) is 6.61 Å². The van der Waals surface area contributed by atoms with Crippen LogP contribution < -0.4 is 10.1 Å². The van der Waals surface area contributed by atoms with Gasteiger partial charge in [0, 0.05) is 22.3 Å². The van der Waals surface area contributed by atoms with Gasteiger partial charge in [-0.2, -0.15) is 0 Å². The predicted molar refractivity (Wildman–Crippen MR) is 104 cm³/mol. The Balaban J connectivity index is 2.18. The Hall–Kier alpha value is -2.79. The number of methoxy groups -OCH3 is 1. The lowest BCUT2D eigenvalue weighted by atomic mass is 10.1. The Labute approximate surface area is 156 Å². The molecule has 0 unspecified atom stereocenters. The molecule has 3 rings (SSSR count). The number of nitrogens with zero attached hydrogens (tertiary/aromatic N) is 1. The van der Waals surface area contributed by atoms with Crippen molar-refractivity contribution in [2.24, 2.45) is 0 Å². The number of esters is 1. The molecule has 0 spiro atoms. The number of aromatic nitrogens is 1. The van der Waals surface area contributed by atoms with Crippen molar-refractivity contribution in [2.45, 2.75) is 13.8 Å². The van der Waals surface area contributed by atoms with Crippen LogP contribution in [0.15, 0.2) is 42.6 Å². The molecule has 0 saturated heterocycles. The molecule has 1 heterocycles. The molecule has 0 amide bonds. The summed E-state index contributed by atoms with van der Waals surface area (Å²) in [6.45, 7) is 3.98. The molecule has 3 aromatic rings. The van der Waals surface area contributed by atoms with Crippen molar-refractivity contribution in [2.75, 3.05) is 19.0 Å². The summed E-state index contributed by atoms with van der Waals surface area (Å²) in [6, 6.07) is 11.1. The molecule has 134 valence electrons. The first kappa shape index (κ1) is 18.0. The Morgan fingerprint density at radius 2 is 2.04 bits per heavy atom. The largest absolute Gasteiger partial charge is 0.497 e. The van der Waals surface area contributed by atoms with Crippen LogP contribution in [-0.2, 0) is 4.74 Å². The highest BCUT2D eigenvalue weighted by Gasteiger charge is 2.17. The minimum Gasteiger partial charge on any atom is -0.497 e. The molecule has 5 nitrogen and oxygen atoms in total. The predicted octanol–water partition coefficient (Wildman–Crippen LogP) is 5.13. The lowest BCUT2D eigenvalue weighted by Gasteiger charge is -2.15. The zero-order valence-corrected chi connectivity index (χ0v) is 15.6. The van der Waals surface area contributed by atoms with E-state index in [1.165, 1.54) is 6.20 Å². The molecule has 0 fully saturated rings. The first-order valence-corrected chi connectivity index (χ1v) is 8.58. The number of carbonyl (C=O) groups excluding carboxylic acids is 1. The molecular weight excluding hydrogens is 352 g/mol. The second-order valence-corrected chi connectivity index (χ2v) is 6.15. The number of hydrogen-bond donors (Lipinski definition) is 1. The van der Waals surface area contributed by atoms with Gasteiger partial charge in [-0.25, -0.2) is 4.79 Å². The average Bonchev–Trinajstić information content (AvgIpc) is 2.64. The molecule has 1 N–H and O–H groups in total. The van der Waals surface area contributed by atoms with Gasteiger partial charge in [0.15, 0.2) is 0 Å². The van der Waals surface area contributed by atoms with Crippen LogP contribution in [0.2, 0.25) is 5.02 Å². The fraction of sp³-hybridized carbons (Fsp3) is 0.200. The van der Waals surface area contributed by atoms with Crippen LogP contribution in [0.5, 0.6) is 5.75 Å². The van der Waals surface area contributed by atoms with Gasteiger partial charge < -0.3 is 14.8 Å². The van der Waals surface area contributed by atoms with Crippen molar-refractivity contribution in [3.8, 4) is 5.75 Å². The molecule has 1 aromatic heterocycles. The van der Waals surface area contributed by atoms with E-state index in [9.17, 15) is 4.79 Å². The summed E-state index contributed by atoms with van der Waals surface area (Å²) in [4.78, 5) is 16.8. The summed E-state index contributed by atoms with van der Waals surface area (Å²) >= 11 is 6.23. The monoisotopic (exact) mass is 370 g/mol. The summed E-state index contributed by atoms with van der Waals surface area (Å²) in [5.74, 6) is 0.232. The molecule has 6 heteroatoms. The highest BCUT2D eigenvalue weighted by Crippen LogP contribution is 2.33. The smallest absolute Gasteiger partial charge is 0.341 e. The van der Waals surface area contributed by atoms with E-state index in [0.717, 1.165) is 22.2 Å². The topological polar surface area (TPSA) is 60.5 Å².